The molecular weight excluding hydrogens is 193 g/mol. The number of aryl methyl sites for hydroxylation is 1. The van der Waals surface area contributed by atoms with Gasteiger partial charge in [-0.15, -0.1) is 0 Å². The molecule has 1 aromatic carbocycles. The minimum atomic E-state index is -1.10. The van der Waals surface area contributed by atoms with Gasteiger partial charge in [-0.2, -0.15) is 0 Å². The Morgan fingerprint density at radius 2 is 1.75 bits per heavy atom. The summed E-state index contributed by atoms with van der Waals surface area (Å²) in [5.74, 6) is 0. The summed E-state index contributed by atoms with van der Waals surface area (Å²) in [6.07, 6.45) is 1.38. The van der Waals surface area contributed by atoms with Crippen LogP contribution in [0.3, 0.4) is 0 Å². The van der Waals surface area contributed by atoms with E-state index in [0.717, 1.165) is 6.42 Å². The Morgan fingerprint density at radius 3 is 2.25 bits per heavy atom. The average molecular weight is 204 g/mol. The number of hydrogen-bond donors (Lipinski definition) is 1. The fraction of sp³-hybridized carbons (Fsp3) is 0.333. The average Bonchev–Trinajstić information content (AvgIpc) is 2.02. The fourth-order valence-corrected chi connectivity index (χ4v) is 1.14. The molecule has 0 amide bonds. The monoisotopic (exact) mass is 203 g/mol. The Bertz CT molecular complexity index is 228. The second kappa shape index (κ2) is 4.13. The molecule has 66 valence electrons. The normalized spacial score (nSPS) is 11.6. The molecule has 0 saturated carbocycles. The third kappa shape index (κ3) is 3.96. The van der Waals surface area contributed by atoms with E-state index in [-0.39, 0.29) is 0 Å². The minimum Gasteiger partial charge on any atom is -0.300 e. The Hall–Kier alpha value is -0.240. The number of rotatable bonds is 3. The van der Waals surface area contributed by atoms with Crippen molar-refractivity contribution in [3.8, 4) is 0 Å². The maximum atomic E-state index is 5.63. The standard InChI is InChI=1S/C9H11Cl2N/c10-9(11,12)7-6-8-4-2-1-3-5-8/h1-5H,6-7,12H2. The molecule has 0 aliphatic carbocycles. The van der Waals surface area contributed by atoms with Gasteiger partial charge in [-0.05, 0) is 18.4 Å². The van der Waals surface area contributed by atoms with Crippen molar-refractivity contribution in [1.82, 2.24) is 0 Å². The molecule has 0 fully saturated rings. The first kappa shape index (κ1) is 9.85. The van der Waals surface area contributed by atoms with Gasteiger partial charge in [-0.1, -0.05) is 53.5 Å². The summed E-state index contributed by atoms with van der Waals surface area (Å²) in [7, 11) is 0. The molecule has 0 saturated heterocycles. The van der Waals surface area contributed by atoms with Gasteiger partial charge in [0.2, 0.25) is 0 Å². The number of hydrogen-bond acceptors (Lipinski definition) is 1. The van der Waals surface area contributed by atoms with Crippen molar-refractivity contribution in [1.29, 1.82) is 0 Å². The molecule has 12 heavy (non-hydrogen) atoms. The van der Waals surface area contributed by atoms with E-state index in [2.05, 4.69) is 0 Å². The molecule has 0 bridgehead atoms. The van der Waals surface area contributed by atoms with Crippen LogP contribution in [0.2, 0.25) is 0 Å². The molecule has 1 aromatic rings. The molecule has 0 atom stereocenters. The molecule has 0 radical (unpaired) electrons. The highest BCUT2D eigenvalue weighted by atomic mass is 35.5. The SMILES string of the molecule is NC(Cl)(Cl)CCc1ccccc1. The summed E-state index contributed by atoms with van der Waals surface area (Å²) in [5.41, 5.74) is 6.62. The van der Waals surface area contributed by atoms with Crippen LogP contribution in [0.5, 0.6) is 0 Å². The van der Waals surface area contributed by atoms with Crippen molar-refractivity contribution in [2.24, 2.45) is 5.73 Å². The number of alkyl halides is 2. The van der Waals surface area contributed by atoms with Crippen molar-refractivity contribution in [2.75, 3.05) is 0 Å². The van der Waals surface area contributed by atoms with Crippen LogP contribution in [0.25, 0.3) is 0 Å². The predicted octanol–water partition coefficient (Wildman–Crippen LogP) is 2.71. The molecule has 1 nitrogen and oxygen atoms in total. The highest BCUT2D eigenvalue weighted by molar-refractivity contribution is 6.47. The quantitative estimate of drug-likeness (QED) is 0.594. The zero-order chi connectivity index (χ0) is 9.03. The maximum absolute atomic E-state index is 5.63. The lowest BCUT2D eigenvalue weighted by Gasteiger charge is -2.12. The van der Waals surface area contributed by atoms with Gasteiger partial charge in [-0.25, -0.2) is 0 Å². The van der Waals surface area contributed by atoms with Crippen LogP contribution in [0.15, 0.2) is 30.3 Å². The molecule has 0 spiro atoms. The van der Waals surface area contributed by atoms with Gasteiger partial charge in [-0.3, -0.25) is 0 Å². The molecule has 0 unspecified atom stereocenters. The summed E-state index contributed by atoms with van der Waals surface area (Å²) in [4.78, 5) is 0. The van der Waals surface area contributed by atoms with Gasteiger partial charge in [0.05, 0.1) is 0 Å². The van der Waals surface area contributed by atoms with Gasteiger partial charge in [0.25, 0.3) is 0 Å². The smallest absolute Gasteiger partial charge is 0.166 e. The van der Waals surface area contributed by atoms with Crippen molar-refractivity contribution >= 4 is 23.2 Å². The zero-order valence-electron chi connectivity index (χ0n) is 6.63. The van der Waals surface area contributed by atoms with Gasteiger partial charge in [0.1, 0.15) is 0 Å². The molecule has 0 heterocycles. The Balaban J connectivity index is 2.44. The number of halogens is 2. The van der Waals surface area contributed by atoms with E-state index in [9.17, 15) is 0 Å². The summed E-state index contributed by atoms with van der Waals surface area (Å²) < 4.78 is -1.10. The Morgan fingerprint density at radius 1 is 1.17 bits per heavy atom. The third-order valence-electron chi connectivity index (χ3n) is 1.59. The second-order valence-electron chi connectivity index (χ2n) is 2.75. The Labute approximate surface area is 82.5 Å². The minimum absolute atomic E-state index is 0.570. The van der Waals surface area contributed by atoms with E-state index in [1.165, 1.54) is 5.56 Å². The zero-order valence-corrected chi connectivity index (χ0v) is 8.15. The summed E-state index contributed by atoms with van der Waals surface area (Å²) in [5, 5.41) is 0. The van der Waals surface area contributed by atoms with Gasteiger partial charge < -0.3 is 5.73 Å². The molecule has 2 N–H and O–H groups in total. The summed E-state index contributed by atoms with van der Waals surface area (Å²) >= 11 is 11.3. The van der Waals surface area contributed by atoms with Crippen LogP contribution in [-0.2, 0) is 6.42 Å². The molecular formula is C9H11Cl2N. The lowest BCUT2D eigenvalue weighted by molar-refractivity contribution is 0.720. The van der Waals surface area contributed by atoms with Crippen LogP contribution in [-0.4, -0.2) is 4.46 Å². The van der Waals surface area contributed by atoms with Crippen molar-refractivity contribution < 1.29 is 0 Å². The van der Waals surface area contributed by atoms with Gasteiger partial charge >= 0.3 is 0 Å². The van der Waals surface area contributed by atoms with Crippen molar-refractivity contribution in [3.63, 3.8) is 0 Å². The first-order valence-electron chi connectivity index (χ1n) is 3.78. The van der Waals surface area contributed by atoms with Gasteiger partial charge in [0.15, 0.2) is 4.46 Å². The van der Waals surface area contributed by atoms with Crippen molar-refractivity contribution in [2.45, 2.75) is 17.3 Å². The van der Waals surface area contributed by atoms with E-state index >= 15 is 0 Å². The van der Waals surface area contributed by atoms with E-state index in [4.69, 9.17) is 28.9 Å². The largest absolute Gasteiger partial charge is 0.300 e. The predicted molar refractivity (Wildman–Crippen MR) is 53.4 cm³/mol. The summed E-state index contributed by atoms with van der Waals surface area (Å²) in [6, 6.07) is 9.99. The van der Waals surface area contributed by atoms with E-state index in [0.29, 0.717) is 6.42 Å². The third-order valence-corrected chi connectivity index (χ3v) is 1.97. The topological polar surface area (TPSA) is 26.0 Å². The van der Waals surface area contributed by atoms with Crippen LogP contribution in [0, 0.1) is 0 Å². The molecule has 0 aliphatic rings. The van der Waals surface area contributed by atoms with E-state index in [1.807, 2.05) is 30.3 Å². The first-order chi connectivity index (χ1) is 5.58. The Kier molecular flexibility index (Phi) is 3.39. The highest BCUT2D eigenvalue weighted by Gasteiger charge is 2.15. The molecule has 1 rings (SSSR count). The lowest BCUT2D eigenvalue weighted by Crippen LogP contribution is -2.25. The van der Waals surface area contributed by atoms with Crippen LogP contribution in [0.1, 0.15) is 12.0 Å². The molecule has 0 aliphatic heterocycles. The van der Waals surface area contributed by atoms with Gasteiger partial charge in [0, 0.05) is 0 Å². The second-order valence-corrected chi connectivity index (χ2v) is 4.29. The van der Waals surface area contributed by atoms with Crippen LogP contribution < -0.4 is 5.73 Å². The van der Waals surface area contributed by atoms with Crippen LogP contribution >= 0.6 is 23.2 Å². The lowest BCUT2D eigenvalue weighted by atomic mass is 10.1. The number of nitrogens with two attached hydrogens (primary N) is 1. The van der Waals surface area contributed by atoms with E-state index in [1.54, 1.807) is 0 Å². The van der Waals surface area contributed by atoms with Crippen LogP contribution in [0.4, 0.5) is 0 Å². The molecule has 3 heteroatoms. The maximum Gasteiger partial charge on any atom is 0.166 e. The summed E-state index contributed by atoms with van der Waals surface area (Å²) in [6.45, 7) is 0. The van der Waals surface area contributed by atoms with E-state index < -0.39 is 4.46 Å². The number of benzene rings is 1. The first-order valence-corrected chi connectivity index (χ1v) is 4.54. The highest BCUT2D eigenvalue weighted by Crippen LogP contribution is 2.20. The fourth-order valence-electron chi connectivity index (χ4n) is 0.956. The molecule has 0 aromatic heterocycles. The van der Waals surface area contributed by atoms with Crippen molar-refractivity contribution in [3.05, 3.63) is 35.9 Å².